The normalized spacial score (nSPS) is 21.3. The van der Waals surface area contributed by atoms with Gasteiger partial charge in [0.25, 0.3) is 0 Å². The number of β-amino-alcohol motifs (C(OH)–C–C–N with tert-alkyl or cyclic N) is 1. The molecular weight excluding hydrogens is 204 g/mol. The quantitative estimate of drug-likeness (QED) is 0.827. The van der Waals surface area contributed by atoms with Crippen molar-refractivity contribution in [3.05, 3.63) is 23.5 Å². The number of nitrogens with zero attached hydrogens (tertiary/aromatic N) is 2. The first-order valence-electron chi connectivity index (χ1n) is 5.59. The van der Waals surface area contributed by atoms with Crippen molar-refractivity contribution >= 4 is 0 Å². The first-order chi connectivity index (χ1) is 7.67. The van der Waals surface area contributed by atoms with Gasteiger partial charge in [0, 0.05) is 37.5 Å². The third-order valence-corrected chi connectivity index (χ3v) is 2.85. The number of aryl methyl sites for hydroxylation is 1. The van der Waals surface area contributed by atoms with E-state index in [1.54, 1.807) is 7.11 Å². The summed E-state index contributed by atoms with van der Waals surface area (Å²) in [5.74, 6) is 0.849. The summed E-state index contributed by atoms with van der Waals surface area (Å²) >= 11 is 0. The Bertz CT molecular complexity index is 368. The van der Waals surface area contributed by atoms with E-state index in [1.807, 2.05) is 19.1 Å². The molecule has 0 aliphatic carbocycles. The Morgan fingerprint density at radius 2 is 2.38 bits per heavy atom. The fourth-order valence-corrected chi connectivity index (χ4v) is 2.09. The first kappa shape index (κ1) is 11.4. The third kappa shape index (κ3) is 2.71. The van der Waals surface area contributed by atoms with Crippen LogP contribution in [0, 0.1) is 6.92 Å². The van der Waals surface area contributed by atoms with E-state index in [9.17, 15) is 5.11 Å². The van der Waals surface area contributed by atoms with E-state index in [-0.39, 0.29) is 6.10 Å². The lowest BCUT2D eigenvalue weighted by atomic mass is 10.3. The second kappa shape index (κ2) is 4.80. The number of methoxy groups -OCH3 is 1. The lowest BCUT2D eigenvalue weighted by Crippen LogP contribution is -2.22. The molecule has 1 aromatic heterocycles. The van der Waals surface area contributed by atoms with Crippen LogP contribution in [0.25, 0.3) is 0 Å². The Labute approximate surface area is 95.9 Å². The van der Waals surface area contributed by atoms with Crippen molar-refractivity contribution in [3.63, 3.8) is 0 Å². The fraction of sp³-hybridized carbons (Fsp3) is 0.583. The molecule has 4 nitrogen and oxygen atoms in total. The van der Waals surface area contributed by atoms with E-state index in [0.29, 0.717) is 0 Å². The lowest BCUT2D eigenvalue weighted by Gasteiger charge is -2.15. The molecule has 16 heavy (non-hydrogen) atoms. The van der Waals surface area contributed by atoms with E-state index >= 15 is 0 Å². The Morgan fingerprint density at radius 1 is 1.56 bits per heavy atom. The predicted octanol–water partition coefficient (Wildman–Crippen LogP) is 0.965. The summed E-state index contributed by atoms with van der Waals surface area (Å²) in [6, 6.07) is 3.88. The van der Waals surface area contributed by atoms with Crippen molar-refractivity contribution < 1.29 is 9.84 Å². The summed E-state index contributed by atoms with van der Waals surface area (Å²) in [5, 5.41) is 9.45. The van der Waals surface area contributed by atoms with E-state index in [0.717, 1.165) is 43.2 Å². The second-order valence-corrected chi connectivity index (χ2v) is 4.32. The summed E-state index contributed by atoms with van der Waals surface area (Å²) in [6.45, 7) is 4.44. The molecule has 0 aromatic carbocycles. The number of aliphatic hydroxyl groups is 1. The van der Waals surface area contributed by atoms with Crippen molar-refractivity contribution in [2.24, 2.45) is 0 Å². The van der Waals surface area contributed by atoms with Crippen LogP contribution in [0.15, 0.2) is 12.1 Å². The maximum Gasteiger partial charge on any atom is 0.122 e. The number of aliphatic hydroxyl groups excluding tert-OH is 1. The highest BCUT2D eigenvalue weighted by Crippen LogP contribution is 2.17. The fourth-order valence-electron chi connectivity index (χ4n) is 2.09. The smallest absolute Gasteiger partial charge is 0.122 e. The van der Waals surface area contributed by atoms with E-state index in [2.05, 4.69) is 9.88 Å². The molecule has 0 spiro atoms. The average molecular weight is 222 g/mol. The third-order valence-electron chi connectivity index (χ3n) is 2.85. The van der Waals surface area contributed by atoms with Gasteiger partial charge in [0.1, 0.15) is 5.75 Å². The van der Waals surface area contributed by atoms with Gasteiger partial charge in [-0.1, -0.05) is 0 Å². The van der Waals surface area contributed by atoms with Crippen LogP contribution in [0.2, 0.25) is 0 Å². The number of hydrogen-bond donors (Lipinski definition) is 1. The highest BCUT2D eigenvalue weighted by Gasteiger charge is 2.20. The van der Waals surface area contributed by atoms with E-state index in [1.165, 1.54) is 0 Å². The number of pyridine rings is 1. The Hall–Kier alpha value is -1.13. The monoisotopic (exact) mass is 222 g/mol. The van der Waals surface area contributed by atoms with E-state index in [4.69, 9.17) is 4.74 Å². The Kier molecular flexibility index (Phi) is 3.41. The zero-order valence-corrected chi connectivity index (χ0v) is 9.81. The number of rotatable bonds is 3. The van der Waals surface area contributed by atoms with Crippen molar-refractivity contribution in [2.75, 3.05) is 20.2 Å². The molecule has 4 heteroatoms. The van der Waals surface area contributed by atoms with Crippen LogP contribution in [0.4, 0.5) is 0 Å². The topological polar surface area (TPSA) is 45.6 Å². The summed E-state index contributed by atoms with van der Waals surface area (Å²) in [4.78, 5) is 6.68. The predicted molar refractivity (Wildman–Crippen MR) is 61.4 cm³/mol. The van der Waals surface area contributed by atoms with Crippen LogP contribution < -0.4 is 4.74 Å². The summed E-state index contributed by atoms with van der Waals surface area (Å²) in [6.07, 6.45) is 0.690. The van der Waals surface area contributed by atoms with Gasteiger partial charge in [0.15, 0.2) is 0 Å². The van der Waals surface area contributed by atoms with Gasteiger partial charge in [-0.2, -0.15) is 0 Å². The molecule has 2 heterocycles. The molecule has 88 valence electrons. The maximum atomic E-state index is 9.45. The van der Waals surface area contributed by atoms with Crippen molar-refractivity contribution in [2.45, 2.75) is 26.0 Å². The standard InChI is InChI=1S/C12H18N2O2/c1-9-5-12(16-2)6-10(13-9)7-14-4-3-11(15)8-14/h5-6,11,15H,3-4,7-8H2,1-2H3. The molecule has 1 N–H and O–H groups in total. The SMILES string of the molecule is COc1cc(C)nc(CN2CCC(O)C2)c1. The highest BCUT2D eigenvalue weighted by molar-refractivity contribution is 5.26. The van der Waals surface area contributed by atoms with Gasteiger partial charge >= 0.3 is 0 Å². The minimum atomic E-state index is -0.174. The molecule has 1 aliphatic rings. The van der Waals surface area contributed by atoms with Crippen molar-refractivity contribution in [1.82, 2.24) is 9.88 Å². The molecule has 1 fully saturated rings. The molecule has 0 saturated carbocycles. The Morgan fingerprint density at radius 3 is 3.00 bits per heavy atom. The minimum Gasteiger partial charge on any atom is -0.497 e. The summed E-state index contributed by atoms with van der Waals surface area (Å²) in [7, 11) is 1.66. The first-order valence-corrected chi connectivity index (χ1v) is 5.59. The summed E-state index contributed by atoms with van der Waals surface area (Å²) < 4.78 is 5.21. The molecule has 1 unspecified atom stereocenters. The van der Waals surface area contributed by atoms with Gasteiger partial charge in [0.05, 0.1) is 18.9 Å². The Balaban J connectivity index is 2.06. The van der Waals surface area contributed by atoms with Crippen LogP contribution in [-0.2, 0) is 6.54 Å². The molecule has 1 aliphatic heterocycles. The van der Waals surface area contributed by atoms with Gasteiger partial charge in [0.2, 0.25) is 0 Å². The van der Waals surface area contributed by atoms with Crippen LogP contribution in [0.3, 0.4) is 0 Å². The highest BCUT2D eigenvalue weighted by atomic mass is 16.5. The van der Waals surface area contributed by atoms with Crippen LogP contribution in [-0.4, -0.2) is 41.3 Å². The number of aromatic nitrogens is 1. The number of ether oxygens (including phenoxy) is 1. The van der Waals surface area contributed by atoms with Crippen molar-refractivity contribution in [3.8, 4) is 5.75 Å². The molecular formula is C12H18N2O2. The maximum absolute atomic E-state index is 9.45. The van der Waals surface area contributed by atoms with Gasteiger partial charge in [-0.25, -0.2) is 0 Å². The number of likely N-dealkylation sites (tertiary alicyclic amines) is 1. The molecule has 1 atom stereocenters. The lowest BCUT2D eigenvalue weighted by molar-refractivity contribution is 0.174. The molecule has 1 aromatic rings. The minimum absolute atomic E-state index is 0.174. The second-order valence-electron chi connectivity index (χ2n) is 4.32. The van der Waals surface area contributed by atoms with Crippen LogP contribution >= 0.6 is 0 Å². The zero-order chi connectivity index (χ0) is 11.5. The van der Waals surface area contributed by atoms with Crippen LogP contribution in [0.5, 0.6) is 5.75 Å². The largest absolute Gasteiger partial charge is 0.497 e. The van der Waals surface area contributed by atoms with Crippen molar-refractivity contribution in [1.29, 1.82) is 0 Å². The molecule has 0 bridgehead atoms. The average Bonchev–Trinajstić information content (AvgIpc) is 2.63. The molecule has 0 amide bonds. The zero-order valence-electron chi connectivity index (χ0n) is 9.81. The van der Waals surface area contributed by atoms with Gasteiger partial charge < -0.3 is 9.84 Å². The molecule has 1 saturated heterocycles. The van der Waals surface area contributed by atoms with Gasteiger partial charge in [-0.05, 0) is 13.3 Å². The summed E-state index contributed by atoms with van der Waals surface area (Å²) in [5.41, 5.74) is 1.97. The van der Waals surface area contributed by atoms with E-state index < -0.39 is 0 Å². The van der Waals surface area contributed by atoms with Gasteiger partial charge in [-0.3, -0.25) is 9.88 Å². The van der Waals surface area contributed by atoms with Crippen LogP contribution in [0.1, 0.15) is 17.8 Å². The molecule has 2 rings (SSSR count). The molecule has 0 radical (unpaired) electrons. The number of hydrogen-bond acceptors (Lipinski definition) is 4. The van der Waals surface area contributed by atoms with Gasteiger partial charge in [-0.15, -0.1) is 0 Å².